The highest BCUT2D eigenvalue weighted by molar-refractivity contribution is 7.99. The topological polar surface area (TPSA) is 58.6 Å². The molecule has 0 saturated heterocycles. The molecule has 5 nitrogen and oxygen atoms in total. The fourth-order valence-electron chi connectivity index (χ4n) is 2.03. The van der Waals surface area contributed by atoms with E-state index >= 15 is 0 Å². The maximum Gasteiger partial charge on any atom is 0.245 e. The minimum atomic E-state index is -0.510. The van der Waals surface area contributed by atoms with Crippen molar-refractivity contribution in [1.29, 1.82) is 0 Å². The third-order valence-electron chi connectivity index (χ3n) is 3.23. The largest absolute Gasteiger partial charge is 0.497 e. The molecule has 0 aliphatic heterocycles. The van der Waals surface area contributed by atoms with Gasteiger partial charge in [-0.1, -0.05) is 0 Å². The quantitative estimate of drug-likeness (QED) is 0.745. The van der Waals surface area contributed by atoms with E-state index in [0.717, 1.165) is 10.6 Å². The highest BCUT2D eigenvalue weighted by atomic mass is 32.2. The van der Waals surface area contributed by atoms with Gasteiger partial charge in [-0.15, -0.1) is 11.8 Å². The standard InChI is InChI=1S/C16H24N2O3S/c1-5-18(6-2)16(20)15(17-12(3)19)11-22-14-9-7-13(21-4)8-10-14/h7-10,15H,5-6,11H2,1-4H3,(H,17,19). The summed E-state index contributed by atoms with van der Waals surface area (Å²) in [5.41, 5.74) is 0. The summed E-state index contributed by atoms with van der Waals surface area (Å²) in [4.78, 5) is 26.5. The van der Waals surface area contributed by atoms with Gasteiger partial charge in [0.25, 0.3) is 0 Å². The average molecular weight is 324 g/mol. The van der Waals surface area contributed by atoms with Crippen molar-refractivity contribution < 1.29 is 14.3 Å². The van der Waals surface area contributed by atoms with Gasteiger partial charge in [0.2, 0.25) is 11.8 Å². The number of carbonyl (C=O) groups excluding carboxylic acids is 2. The van der Waals surface area contributed by atoms with Gasteiger partial charge < -0.3 is 15.0 Å². The summed E-state index contributed by atoms with van der Waals surface area (Å²) in [6.07, 6.45) is 0. The molecule has 0 heterocycles. The fraction of sp³-hybridized carbons (Fsp3) is 0.500. The Hall–Kier alpha value is -1.69. The lowest BCUT2D eigenvalue weighted by molar-refractivity contribution is -0.135. The molecule has 0 fully saturated rings. The van der Waals surface area contributed by atoms with Crippen molar-refractivity contribution in [2.24, 2.45) is 0 Å². The third-order valence-corrected chi connectivity index (χ3v) is 4.33. The number of ether oxygens (including phenoxy) is 1. The van der Waals surface area contributed by atoms with Crippen molar-refractivity contribution in [2.75, 3.05) is 26.0 Å². The number of benzene rings is 1. The Morgan fingerprint density at radius 1 is 1.23 bits per heavy atom. The molecule has 1 rings (SSSR count). The molecule has 0 saturated carbocycles. The van der Waals surface area contributed by atoms with Crippen LogP contribution in [0.3, 0.4) is 0 Å². The number of nitrogens with one attached hydrogen (secondary N) is 1. The second kappa shape index (κ2) is 9.35. The van der Waals surface area contributed by atoms with Crippen LogP contribution in [0, 0.1) is 0 Å². The molecular formula is C16H24N2O3S. The van der Waals surface area contributed by atoms with Crippen LogP contribution in [-0.4, -0.2) is 48.7 Å². The molecule has 1 unspecified atom stereocenters. The highest BCUT2D eigenvalue weighted by Crippen LogP contribution is 2.22. The molecule has 122 valence electrons. The van der Waals surface area contributed by atoms with Gasteiger partial charge in [0, 0.05) is 30.7 Å². The Bertz CT molecular complexity index is 487. The number of carbonyl (C=O) groups is 2. The normalized spacial score (nSPS) is 11.6. The lowest BCUT2D eigenvalue weighted by Crippen LogP contribution is -2.49. The Morgan fingerprint density at radius 3 is 2.27 bits per heavy atom. The molecule has 0 aromatic heterocycles. The minimum Gasteiger partial charge on any atom is -0.497 e. The first-order valence-corrected chi connectivity index (χ1v) is 8.33. The predicted molar refractivity (Wildman–Crippen MR) is 89.3 cm³/mol. The Morgan fingerprint density at radius 2 is 1.82 bits per heavy atom. The molecule has 22 heavy (non-hydrogen) atoms. The van der Waals surface area contributed by atoms with Gasteiger partial charge in [-0.3, -0.25) is 9.59 Å². The van der Waals surface area contributed by atoms with E-state index in [1.165, 1.54) is 18.7 Å². The number of thioether (sulfide) groups is 1. The molecule has 0 bridgehead atoms. The SMILES string of the molecule is CCN(CC)C(=O)C(CSc1ccc(OC)cc1)NC(C)=O. The van der Waals surface area contributed by atoms with E-state index in [1.54, 1.807) is 12.0 Å². The van der Waals surface area contributed by atoms with Crippen LogP contribution in [0.1, 0.15) is 20.8 Å². The van der Waals surface area contributed by atoms with Crippen molar-refractivity contribution >= 4 is 23.6 Å². The Labute approximate surface area is 136 Å². The molecule has 0 aliphatic rings. The van der Waals surface area contributed by atoms with Crippen molar-refractivity contribution in [1.82, 2.24) is 10.2 Å². The number of rotatable bonds is 8. The first kappa shape index (κ1) is 18.4. The monoisotopic (exact) mass is 324 g/mol. The van der Waals surface area contributed by atoms with Crippen LogP contribution in [0.4, 0.5) is 0 Å². The molecule has 0 spiro atoms. The van der Waals surface area contributed by atoms with E-state index in [-0.39, 0.29) is 11.8 Å². The van der Waals surface area contributed by atoms with E-state index in [1.807, 2.05) is 38.1 Å². The highest BCUT2D eigenvalue weighted by Gasteiger charge is 2.23. The van der Waals surface area contributed by atoms with Gasteiger partial charge in [0.15, 0.2) is 0 Å². The molecule has 0 radical (unpaired) electrons. The molecule has 6 heteroatoms. The fourth-order valence-corrected chi connectivity index (χ4v) is 2.94. The smallest absolute Gasteiger partial charge is 0.245 e. The van der Waals surface area contributed by atoms with Gasteiger partial charge in [-0.25, -0.2) is 0 Å². The second-order valence-electron chi connectivity index (χ2n) is 4.75. The number of likely N-dealkylation sites (N-methyl/N-ethyl adjacent to an activating group) is 1. The number of methoxy groups -OCH3 is 1. The lowest BCUT2D eigenvalue weighted by atomic mass is 10.2. The molecule has 1 aromatic rings. The molecule has 1 N–H and O–H groups in total. The van der Waals surface area contributed by atoms with Gasteiger partial charge in [0.1, 0.15) is 11.8 Å². The summed E-state index contributed by atoms with van der Waals surface area (Å²) in [7, 11) is 1.62. The maximum absolute atomic E-state index is 12.4. The number of nitrogens with zero attached hydrogens (tertiary/aromatic N) is 1. The lowest BCUT2D eigenvalue weighted by Gasteiger charge is -2.25. The van der Waals surface area contributed by atoms with E-state index in [2.05, 4.69) is 5.32 Å². The third kappa shape index (κ3) is 5.60. The Balaban J connectivity index is 2.71. The van der Waals surface area contributed by atoms with Gasteiger partial charge in [-0.2, -0.15) is 0 Å². The summed E-state index contributed by atoms with van der Waals surface area (Å²) in [5.74, 6) is 1.06. The summed E-state index contributed by atoms with van der Waals surface area (Å²) < 4.78 is 5.12. The van der Waals surface area contributed by atoms with Crippen molar-refractivity contribution in [2.45, 2.75) is 31.7 Å². The average Bonchev–Trinajstić information content (AvgIpc) is 2.52. The molecule has 1 atom stereocenters. The molecule has 2 amide bonds. The van der Waals surface area contributed by atoms with Gasteiger partial charge in [-0.05, 0) is 38.1 Å². The first-order chi connectivity index (χ1) is 10.5. The second-order valence-corrected chi connectivity index (χ2v) is 5.84. The van der Waals surface area contributed by atoms with Crippen molar-refractivity contribution in [3.8, 4) is 5.75 Å². The van der Waals surface area contributed by atoms with Crippen molar-refractivity contribution in [3.05, 3.63) is 24.3 Å². The first-order valence-electron chi connectivity index (χ1n) is 7.34. The summed E-state index contributed by atoms with van der Waals surface area (Å²) >= 11 is 1.54. The van der Waals surface area contributed by atoms with Crippen LogP contribution in [-0.2, 0) is 9.59 Å². The Kier molecular flexibility index (Phi) is 7.80. The van der Waals surface area contributed by atoms with E-state index in [0.29, 0.717) is 18.8 Å². The van der Waals surface area contributed by atoms with Crippen LogP contribution in [0.25, 0.3) is 0 Å². The van der Waals surface area contributed by atoms with Crippen LogP contribution >= 0.6 is 11.8 Å². The predicted octanol–water partition coefficient (Wildman–Crippen LogP) is 2.16. The maximum atomic E-state index is 12.4. The van der Waals surface area contributed by atoms with Gasteiger partial charge >= 0.3 is 0 Å². The van der Waals surface area contributed by atoms with Crippen LogP contribution in [0.2, 0.25) is 0 Å². The van der Waals surface area contributed by atoms with Crippen LogP contribution < -0.4 is 10.1 Å². The van der Waals surface area contributed by atoms with Crippen molar-refractivity contribution in [3.63, 3.8) is 0 Å². The van der Waals surface area contributed by atoms with E-state index < -0.39 is 6.04 Å². The zero-order chi connectivity index (χ0) is 16.5. The summed E-state index contributed by atoms with van der Waals surface area (Å²) in [6.45, 7) is 6.57. The summed E-state index contributed by atoms with van der Waals surface area (Å²) in [6, 6.07) is 7.13. The number of amides is 2. The van der Waals surface area contributed by atoms with E-state index in [9.17, 15) is 9.59 Å². The van der Waals surface area contributed by atoms with Gasteiger partial charge in [0.05, 0.1) is 7.11 Å². The zero-order valence-electron chi connectivity index (χ0n) is 13.6. The van der Waals surface area contributed by atoms with E-state index in [4.69, 9.17) is 4.74 Å². The van der Waals surface area contributed by atoms with Crippen LogP contribution in [0.5, 0.6) is 5.75 Å². The molecule has 0 aliphatic carbocycles. The summed E-state index contributed by atoms with van der Waals surface area (Å²) in [5, 5.41) is 2.75. The zero-order valence-corrected chi connectivity index (χ0v) is 14.4. The number of hydrogen-bond acceptors (Lipinski definition) is 4. The molecule has 1 aromatic carbocycles. The minimum absolute atomic E-state index is 0.0405. The molecular weight excluding hydrogens is 300 g/mol. The number of hydrogen-bond donors (Lipinski definition) is 1. The van der Waals surface area contributed by atoms with Crippen LogP contribution in [0.15, 0.2) is 29.2 Å².